The minimum Gasteiger partial charge on any atom is -0.508 e. The van der Waals surface area contributed by atoms with Crippen LogP contribution in [0.4, 0.5) is 4.79 Å². The molecule has 25 heavy (non-hydrogen) atoms. The molecule has 0 spiro atoms. The van der Waals surface area contributed by atoms with Crippen molar-refractivity contribution in [3.05, 3.63) is 47.5 Å². The van der Waals surface area contributed by atoms with Gasteiger partial charge in [0.05, 0.1) is 30.8 Å². The average molecular weight is 343 g/mol. The SMILES string of the molecule is CN(C)C(=O)NCC(=O)N1Cc2[nH]cnc2C(c2cccc(O)c2)C1. The summed E-state index contributed by atoms with van der Waals surface area (Å²) >= 11 is 0. The number of imidazole rings is 1. The summed E-state index contributed by atoms with van der Waals surface area (Å²) in [5.41, 5.74) is 2.64. The molecule has 8 nitrogen and oxygen atoms in total. The summed E-state index contributed by atoms with van der Waals surface area (Å²) in [6.45, 7) is 0.798. The maximum atomic E-state index is 12.5. The zero-order chi connectivity index (χ0) is 18.0. The number of rotatable bonds is 3. The third-order valence-corrected chi connectivity index (χ3v) is 4.26. The quantitative estimate of drug-likeness (QED) is 0.769. The second-order valence-corrected chi connectivity index (χ2v) is 6.24. The lowest BCUT2D eigenvalue weighted by Crippen LogP contribution is -2.46. The summed E-state index contributed by atoms with van der Waals surface area (Å²) in [6.07, 6.45) is 1.61. The smallest absolute Gasteiger partial charge is 0.317 e. The molecule has 1 atom stereocenters. The average Bonchev–Trinajstić information content (AvgIpc) is 3.06. The first kappa shape index (κ1) is 16.8. The van der Waals surface area contributed by atoms with Crippen molar-refractivity contribution in [1.82, 2.24) is 25.1 Å². The molecule has 1 aliphatic heterocycles. The molecule has 3 amide bonds. The molecule has 0 fully saturated rings. The van der Waals surface area contributed by atoms with Gasteiger partial charge in [-0.05, 0) is 17.7 Å². The molecular weight excluding hydrogens is 322 g/mol. The number of phenols is 1. The normalized spacial score (nSPS) is 16.2. The van der Waals surface area contributed by atoms with Gasteiger partial charge in [-0.3, -0.25) is 4.79 Å². The van der Waals surface area contributed by atoms with Gasteiger partial charge in [0, 0.05) is 26.6 Å². The molecule has 0 saturated heterocycles. The van der Waals surface area contributed by atoms with Crippen molar-refractivity contribution in [2.45, 2.75) is 12.5 Å². The second-order valence-electron chi connectivity index (χ2n) is 6.24. The van der Waals surface area contributed by atoms with Gasteiger partial charge in [-0.1, -0.05) is 12.1 Å². The molecule has 2 aromatic rings. The number of hydrogen-bond acceptors (Lipinski definition) is 4. The van der Waals surface area contributed by atoms with E-state index in [2.05, 4.69) is 15.3 Å². The maximum Gasteiger partial charge on any atom is 0.317 e. The summed E-state index contributed by atoms with van der Waals surface area (Å²) in [7, 11) is 3.24. The highest BCUT2D eigenvalue weighted by Gasteiger charge is 2.31. The van der Waals surface area contributed by atoms with Crippen molar-refractivity contribution >= 4 is 11.9 Å². The first-order chi connectivity index (χ1) is 12.0. The molecule has 8 heteroatoms. The van der Waals surface area contributed by atoms with Crippen LogP contribution in [0.25, 0.3) is 0 Å². The highest BCUT2D eigenvalue weighted by Crippen LogP contribution is 2.32. The maximum absolute atomic E-state index is 12.5. The first-order valence-corrected chi connectivity index (χ1v) is 7.99. The largest absolute Gasteiger partial charge is 0.508 e. The Morgan fingerprint density at radius 3 is 2.96 bits per heavy atom. The molecule has 1 aliphatic rings. The van der Waals surface area contributed by atoms with E-state index in [1.54, 1.807) is 43.5 Å². The summed E-state index contributed by atoms with van der Waals surface area (Å²) in [5, 5.41) is 12.3. The van der Waals surface area contributed by atoms with Crippen LogP contribution in [-0.4, -0.2) is 64.0 Å². The van der Waals surface area contributed by atoms with E-state index in [4.69, 9.17) is 0 Å². The fourth-order valence-electron chi connectivity index (χ4n) is 2.94. The van der Waals surface area contributed by atoms with Gasteiger partial charge in [0.25, 0.3) is 0 Å². The van der Waals surface area contributed by atoms with Crippen LogP contribution in [0, 0.1) is 0 Å². The van der Waals surface area contributed by atoms with Crippen LogP contribution >= 0.6 is 0 Å². The molecule has 3 rings (SSSR count). The number of hydrogen-bond donors (Lipinski definition) is 3. The van der Waals surface area contributed by atoms with Crippen molar-refractivity contribution in [3.8, 4) is 5.75 Å². The first-order valence-electron chi connectivity index (χ1n) is 7.99. The Balaban J connectivity index is 1.78. The number of amides is 3. The van der Waals surface area contributed by atoms with Gasteiger partial charge in [-0.25, -0.2) is 9.78 Å². The summed E-state index contributed by atoms with van der Waals surface area (Å²) < 4.78 is 0. The molecule has 0 radical (unpaired) electrons. The standard InChI is InChI=1S/C17H21N5O3/c1-21(2)17(25)18-7-15(24)22-8-13(11-4-3-5-12(23)6-11)16-14(9-22)19-10-20-16/h3-6,10,13,23H,7-9H2,1-2H3,(H,18,25)(H,19,20). The van der Waals surface area contributed by atoms with Crippen LogP contribution in [0.15, 0.2) is 30.6 Å². The topological polar surface area (TPSA) is 102 Å². The van der Waals surface area contributed by atoms with Gasteiger partial charge in [0.2, 0.25) is 5.91 Å². The Labute approximate surface area is 145 Å². The number of aromatic amines is 1. The van der Waals surface area contributed by atoms with Gasteiger partial charge in [-0.15, -0.1) is 0 Å². The predicted molar refractivity (Wildman–Crippen MR) is 91.0 cm³/mol. The van der Waals surface area contributed by atoms with Crippen molar-refractivity contribution in [1.29, 1.82) is 0 Å². The third-order valence-electron chi connectivity index (χ3n) is 4.26. The van der Waals surface area contributed by atoms with Crippen LogP contribution in [0.1, 0.15) is 22.9 Å². The van der Waals surface area contributed by atoms with Crippen LogP contribution in [-0.2, 0) is 11.3 Å². The van der Waals surface area contributed by atoms with Crippen molar-refractivity contribution in [2.24, 2.45) is 0 Å². The van der Waals surface area contributed by atoms with Gasteiger partial charge in [0.15, 0.2) is 0 Å². The number of carbonyl (C=O) groups excluding carboxylic acids is 2. The zero-order valence-electron chi connectivity index (χ0n) is 14.2. The highest BCUT2D eigenvalue weighted by atomic mass is 16.3. The van der Waals surface area contributed by atoms with E-state index in [0.717, 1.165) is 17.0 Å². The predicted octanol–water partition coefficient (Wildman–Crippen LogP) is 0.861. The van der Waals surface area contributed by atoms with E-state index >= 15 is 0 Å². The van der Waals surface area contributed by atoms with E-state index in [9.17, 15) is 14.7 Å². The number of nitrogens with one attached hydrogen (secondary N) is 2. The van der Waals surface area contributed by atoms with Crippen LogP contribution in [0.2, 0.25) is 0 Å². The van der Waals surface area contributed by atoms with Crippen molar-refractivity contribution in [3.63, 3.8) is 0 Å². The Kier molecular flexibility index (Phi) is 4.60. The number of nitrogens with zero attached hydrogens (tertiary/aromatic N) is 3. The number of aromatic nitrogens is 2. The molecule has 0 saturated carbocycles. The molecule has 0 aliphatic carbocycles. The minimum absolute atomic E-state index is 0.0623. The molecule has 1 aromatic heterocycles. The van der Waals surface area contributed by atoms with Gasteiger partial charge in [0.1, 0.15) is 5.75 Å². The van der Waals surface area contributed by atoms with Crippen molar-refractivity contribution in [2.75, 3.05) is 27.2 Å². The van der Waals surface area contributed by atoms with Gasteiger partial charge < -0.3 is 25.2 Å². The van der Waals surface area contributed by atoms with Gasteiger partial charge in [-0.2, -0.15) is 0 Å². The lowest BCUT2D eigenvalue weighted by atomic mass is 9.90. The summed E-state index contributed by atoms with van der Waals surface area (Å²) in [4.78, 5) is 34.6. The lowest BCUT2D eigenvalue weighted by molar-refractivity contribution is -0.131. The number of phenolic OH excluding ortho intramolecular Hbond substituents is 1. The fourth-order valence-corrected chi connectivity index (χ4v) is 2.94. The molecule has 1 unspecified atom stereocenters. The number of aromatic hydroxyl groups is 1. The van der Waals surface area contributed by atoms with E-state index in [1.165, 1.54) is 4.90 Å². The molecule has 1 aromatic carbocycles. The van der Waals surface area contributed by atoms with E-state index in [1.807, 2.05) is 6.07 Å². The monoisotopic (exact) mass is 343 g/mol. The fraction of sp³-hybridized carbons (Fsp3) is 0.353. The molecule has 3 N–H and O–H groups in total. The third kappa shape index (κ3) is 3.57. The molecule has 132 valence electrons. The Morgan fingerprint density at radius 2 is 2.24 bits per heavy atom. The number of carbonyl (C=O) groups is 2. The van der Waals surface area contributed by atoms with Gasteiger partial charge >= 0.3 is 6.03 Å². The Bertz CT molecular complexity index is 786. The minimum atomic E-state index is -0.308. The number of fused-ring (bicyclic) bond motifs is 1. The van der Waals surface area contributed by atoms with E-state index in [-0.39, 0.29) is 30.2 Å². The number of H-pyrrole nitrogens is 1. The molecular formula is C17H21N5O3. The Hall–Kier alpha value is -3.03. The lowest BCUT2D eigenvalue weighted by Gasteiger charge is -2.32. The van der Waals surface area contributed by atoms with Crippen molar-refractivity contribution < 1.29 is 14.7 Å². The van der Waals surface area contributed by atoms with Crippen LogP contribution in [0.5, 0.6) is 5.75 Å². The molecule has 0 bridgehead atoms. The van der Waals surface area contributed by atoms with Crippen LogP contribution in [0.3, 0.4) is 0 Å². The van der Waals surface area contributed by atoms with E-state index in [0.29, 0.717) is 13.1 Å². The zero-order valence-corrected chi connectivity index (χ0v) is 14.2. The summed E-state index contributed by atoms with van der Waals surface area (Å²) in [5.74, 6) is -0.118. The Morgan fingerprint density at radius 1 is 1.44 bits per heavy atom. The number of urea groups is 1. The number of benzene rings is 1. The van der Waals surface area contributed by atoms with E-state index < -0.39 is 0 Å². The second kappa shape index (κ2) is 6.84. The summed E-state index contributed by atoms with van der Waals surface area (Å²) in [6, 6.07) is 6.67. The van der Waals surface area contributed by atoms with Crippen LogP contribution < -0.4 is 5.32 Å². The highest BCUT2D eigenvalue weighted by molar-refractivity contribution is 5.84. The molecule has 2 heterocycles.